The molecule has 0 N–H and O–H groups in total. The third-order valence-electron chi connectivity index (χ3n) is 5.25. The van der Waals surface area contributed by atoms with E-state index >= 15 is 0 Å². The van der Waals surface area contributed by atoms with Crippen molar-refractivity contribution in [3.05, 3.63) is 42.0 Å². The minimum Gasteiger partial charge on any atom is -0.497 e. The maximum absolute atomic E-state index is 5.33. The molecule has 3 rings (SSSR count). The first-order valence-corrected chi connectivity index (χ1v) is 9.65. The Kier molecular flexibility index (Phi) is 7.07. The van der Waals surface area contributed by atoms with Crippen LogP contribution < -0.4 is 4.74 Å². The summed E-state index contributed by atoms with van der Waals surface area (Å²) in [6.45, 7) is 4.06. The van der Waals surface area contributed by atoms with Crippen molar-refractivity contribution in [2.45, 2.75) is 19.3 Å². The molecule has 27 heavy (non-hydrogen) atoms. The van der Waals surface area contributed by atoms with Crippen LogP contribution in [-0.4, -0.2) is 58.2 Å². The van der Waals surface area contributed by atoms with E-state index in [0.717, 1.165) is 56.1 Å². The zero-order valence-corrected chi connectivity index (χ0v) is 16.6. The van der Waals surface area contributed by atoms with Gasteiger partial charge in [-0.1, -0.05) is 23.4 Å². The van der Waals surface area contributed by atoms with Crippen molar-refractivity contribution in [2.75, 3.05) is 47.6 Å². The van der Waals surface area contributed by atoms with Crippen LogP contribution in [0.25, 0.3) is 10.8 Å². The zero-order chi connectivity index (χ0) is 19.1. The Labute approximate surface area is 161 Å². The van der Waals surface area contributed by atoms with Crippen LogP contribution in [0.3, 0.4) is 0 Å². The fourth-order valence-corrected chi connectivity index (χ4v) is 3.89. The third-order valence-corrected chi connectivity index (χ3v) is 5.25. The van der Waals surface area contributed by atoms with Gasteiger partial charge in [-0.15, -0.1) is 0 Å². The molecule has 1 unspecified atom stereocenters. The predicted octanol–water partition coefficient (Wildman–Crippen LogP) is 3.95. The zero-order valence-electron chi connectivity index (χ0n) is 16.6. The molecule has 2 aromatic carbocycles. The maximum Gasteiger partial charge on any atom is 0.119 e. The van der Waals surface area contributed by atoms with Gasteiger partial charge < -0.3 is 19.2 Å². The monoisotopic (exact) mass is 370 g/mol. The molecule has 0 saturated carbocycles. The Bertz CT molecular complexity index is 775. The van der Waals surface area contributed by atoms with Crippen LogP contribution >= 0.6 is 0 Å². The molecule has 0 bridgehead atoms. The van der Waals surface area contributed by atoms with E-state index in [4.69, 9.17) is 14.3 Å². The number of oxime groups is 1. The van der Waals surface area contributed by atoms with Crippen LogP contribution in [0.15, 0.2) is 41.6 Å². The molecule has 146 valence electrons. The van der Waals surface area contributed by atoms with Crippen LogP contribution in [0.4, 0.5) is 0 Å². The predicted molar refractivity (Wildman–Crippen MR) is 110 cm³/mol. The fourth-order valence-electron chi connectivity index (χ4n) is 3.89. The van der Waals surface area contributed by atoms with Gasteiger partial charge in [-0.25, -0.2) is 0 Å². The Balaban J connectivity index is 1.80. The van der Waals surface area contributed by atoms with E-state index in [1.165, 1.54) is 17.2 Å². The summed E-state index contributed by atoms with van der Waals surface area (Å²) in [5.74, 6) is 1.26. The lowest BCUT2D eigenvalue weighted by Gasteiger charge is -2.33. The van der Waals surface area contributed by atoms with E-state index in [1.54, 1.807) is 21.3 Å². The maximum atomic E-state index is 5.33. The lowest BCUT2D eigenvalue weighted by atomic mass is 9.88. The smallest absolute Gasteiger partial charge is 0.119 e. The number of rotatable bonds is 8. The van der Waals surface area contributed by atoms with Crippen LogP contribution in [-0.2, 0) is 9.57 Å². The topological polar surface area (TPSA) is 43.3 Å². The summed E-state index contributed by atoms with van der Waals surface area (Å²) in [4.78, 5) is 7.74. The molecule has 0 aromatic heterocycles. The fraction of sp³-hybridized carbons (Fsp3) is 0.500. The number of hydrogen-bond donors (Lipinski definition) is 0. The Morgan fingerprint density at radius 1 is 1.11 bits per heavy atom. The second-order valence-electron chi connectivity index (χ2n) is 7.07. The summed E-state index contributed by atoms with van der Waals surface area (Å²) < 4.78 is 10.5. The number of nitrogens with zero attached hydrogens (tertiary/aromatic N) is 2. The average molecular weight is 370 g/mol. The summed E-state index contributed by atoms with van der Waals surface area (Å²) in [5, 5.41) is 6.78. The van der Waals surface area contributed by atoms with Crippen molar-refractivity contribution >= 4 is 16.5 Å². The van der Waals surface area contributed by atoms with Gasteiger partial charge in [0.2, 0.25) is 0 Å². The SMILES string of the molecule is COCCCN1CCCC(/C(=N\OC)c2ccc3cc(OC)ccc3c2)C1. The molecular formula is C22H30N2O3. The second-order valence-corrected chi connectivity index (χ2v) is 7.07. The van der Waals surface area contributed by atoms with Gasteiger partial charge in [0.15, 0.2) is 0 Å². The average Bonchev–Trinajstić information content (AvgIpc) is 2.71. The van der Waals surface area contributed by atoms with Crippen molar-refractivity contribution in [1.29, 1.82) is 0 Å². The lowest BCUT2D eigenvalue weighted by Crippen LogP contribution is -2.39. The molecule has 1 fully saturated rings. The molecule has 0 aliphatic carbocycles. The minimum absolute atomic E-state index is 0.386. The summed E-state index contributed by atoms with van der Waals surface area (Å²) in [6, 6.07) is 12.6. The molecule has 1 aliphatic rings. The Morgan fingerprint density at radius 2 is 1.93 bits per heavy atom. The quantitative estimate of drug-likeness (QED) is 0.401. The summed E-state index contributed by atoms with van der Waals surface area (Å²) >= 11 is 0. The van der Waals surface area contributed by atoms with Crippen LogP contribution in [0.5, 0.6) is 5.75 Å². The standard InChI is InChI=1S/C22H30N2O3/c1-25-13-5-12-24-11-4-6-20(16-24)22(23-27-3)19-8-7-18-15-21(26-2)10-9-17(18)14-19/h7-10,14-15,20H,4-6,11-13,16H2,1-3H3/b23-22-. The van der Waals surface area contributed by atoms with Crippen molar-refractivity contribution in [2.24, 2.45) is 11.1 Å². The molecular weight excluding hydrogens is 340 g/mol. The number of hydrogen-bond acceptors (Lipinski definition) is 5. The van der Waals surface area contributed by atoms with Crippen LogP contribution in [0.1, 0.15) is 24.8 Å². The molecule has 5 nitrogen and oxygen atoms in total. The molecule has 1 saturated heterocycles. The summed E-state index contributed by atoms with van der Waals surface area (Å²) in [6.07, 6.45) is 3.40. The molecule has 1 aliphatic heterocycles. The van der Waals surface area contributed by atoms with E-state index in [-0.39, 0.29) is 0 Å². The number of likely N-dealkylation sites (tertiary alicyclic amines) is 1. The largest absolute Gasteiger partial charge is 0.497 e. The molecule has 0 amide bonds. The highest BCUT2D eigenvalue weighted by Gasteiger charge is 2.25. The van der Waals surface area contributed by atoms with Gasteiger partial charge in [0, 0.05) is 38.3 Å². The van der Waals surface area contributed by atoms with E-state index in [0.29, 0.717) is 5.92 Å². The van der Waals surface area contributed by atoms with Gasteiger partial charge in [-0.05, 0) is 54.8 Å². The molecule has 1 atom stereocenters. The molecule has 1 heterocycles. The summed E-state index contributed by atoms with van der Waals surface area (Å²) in [5.41, 5.74) is 2.19. The molecule has 2 aromatic rings. The number of methoxy groups -OCH3 is 2. The highest BCUT2D eigenvalue weighted by molar-refractivity contribution is 6.04. The van der Waals surface area contributed by atoms with E-state index in [1.807, 2.05) is 6.07 Å². The number of benzene rings is 2. The van der Waals surface area contributed by atoms with E-state index in [2.05, 4.69) is 40.4 Å². The first-order chi connectivity index (χ1) is 13.2. The lowest BCUT2D eigenvalue weighted by molar-refractivity contribution is 0.152. The van der Waals surface area contributed by atoms with Gasteiger partial charge in [0.25, 0.3) is 0 Å². The molecule has 5 heteroatoms. The van der Waals surface area contributed by atoms with Crippen LogP contribution in [0.2, 0.25) is 0 Å². The van der Waals surface area contributed by atoms with E-state index < -0.39 is 0 Å². The first-order valence-electron chi connectivity index (χ1n) is 9.65. The van der Waals surface area contributed by atoms with Gasteiger partial charge in [0.1, 0.15) is 12.9 Å². The van der Waals surface area contributed by atoms with Gasteiger partial charge >= 0.3 is 0 Å². The van der Waals surface area contributed by atoms with Crippen LogP contribution in [0, 0.1) is 5.92 Å². The molecule has 0 spiro atoms. The van der Waals surface area contributed by atoms with Crippen molar-refractivity contribution in [1.82, 2.24) is 4.90 Å². The highest BCUT2D eigenvalue weighted by Crippen LogP contribution is 2.26. The van der Waals surface area contributed by atoms with Crippen molar-refractivity contribution in [3.8, 4) is 5.75 Å². The summed E-state index contributed by atoms with van der Waals surface area (Å²) in [7, 11) is 5.09. The van der Waals surface area contributed by atoms with Gasteiger partial charge in [-0.3, -0.25) is 0 Å². The first kappa shape index (κ1) is 19.6. The Hall–Kier alpha value is -2.11. The third kappa shape index (κ3) is 4.99. The number of fused-ring (bicyclic) bond motifs is 1. The minimum atomic E-state index is 0.386. The molecule has 0 radical (unpaired) electrons. The van der Waals surface area contributed by atoms with E-state index in [9.17, 15) is 0 Å². The van der Waals surface area contributed by atoms with Crippen molar-refractivity contribution < 1.29 is 14.3 Å². The second kappa shape index (κ2) is 9.72. The Morgan fingerprint density at radius 3 is 2.70 bits per heavy atom. The van der Waals surface area contributed by atoms with Gasteiger partial charge in [0.05, 0.1) is 12.8 Å². The van der Waals surface area contributed by atoms with Gasteiger partial charge in [-0.2, -0.15) is 0 Å². The normalized spacial score (nSPS) is 18.6. The van der Waals surface area contributed by atoms with Crippen molar-refractivity contribution in [3.63, 3.8) is 0 Å². The number of ether oxygens (including phenoxy) is 2. The highest BCUT2D eigenvalue weighted by atomic mass is 16.6. The number of piperidine rings is 1.